The molecule has 2 aromatic carbocycles. The van der Waals surface area contributed by atoms with E-state index in [0.717, 1.165) is 5.56 Å². The zero-order valence-electron chi connectivity index (χ0n) is 16.0. The van der Waals surface area contributed by atoms with E-state index in [4.69, 9.17) is 9.15 Å². The van der Waals surface area contributed by atoms with Crippen molar-refractivity contribution in [3.05, 3.63) is 82.8 Å². The van der Waals surface area contributed by atoms with Gasteiger partial charge in [0.2, 0.25) is 0 Å². The van der Waals surface area contributed by atoms with Crippen LogP contribution < -0.4 is 5.32 Å². The predicted octanol–water partition coefficient (Wildman–Crippen LogP) is 3.67. The number of phenolic OH excluding ortho intramolecular Hbond substituents is 1. The molecule has 1 aromatic heterocycles. The fourth-order valence-corrected chi connectivity index (χ4v) is 3.74. The van der Waals surface area contributed by atoms with E-state index in [2.05, 4.69) is 5.32 Å². The number of carbonyl (C=O) groups is 1. The number of hydrogen-bond donors (Lipinski definition) is 3. The molecule has 2 unspecified atom stereocenters. The average molecular weight is 391 g/mol. The van der Waals surface area contributed by atoms with E-state index < -0.39 is 17.6 Å². The van der Waals surface area contributed by atoms with Crippen LogP contribution in [0.5, 0.6) is 5.75 Å². The van der Waals surface area contributed by atoms with Gasteiger partial charge in [0, 0.05) is 12.7 Å². The number of aromatic hydroxyl groups is 1. The van der Waals surface area contributed by atoms with E-state index in [1.807, 2.05) is 19.1 Å². The maximum absolute atomic E-state index is 12.6. The van der Waals surface area contributed by atoms with Gasteiger partial charge in [-0.3, -0.25) is 4.79 Å². The molecule has 3 N–H and O–H groups in total. The lowest BCUT2D eigenvalue weighted by atomic mass is 9.77. The Kier molecular flexibility index (Phi) is 4.74. The second-order valence-corrected chi connectivity index (χ2v) is 6.96. The number of carbonyl (C=O) groups excluding carboxylic acids is 1. The molecule has 1 amide bonds. The van der Waals surface area contributed by atoms with Gasteiger partial charge in [-0.25, -0.2) is 0 Å². The first-order chi connectivity index (χ1) is 14.0. The van der Waals surface area contributed by atoms with Crippen molar-refractivity contribution in [1.82, 2.24) is 0 Å². The molecule has 4 rings (SSSR count). The summed E-state index contributed by atoms with van der Waals surface area (Å²) in [5.74, 6) is 0.0418. The molecule has 0 radical (unpaired) electrons. The molecular formula is C23H21NO5. The number of amides is 1. The van der Waals surface area contributed by atoms with Crippen LogP contribution in [0, 0.1) is 6.92 Å². The Labute approximate surface area is 168 Å². The van der Waals surface area contributed by atoms with Gasteiger partial charge < -0.3 is 24.7 Å². The fourth-order valence-electron chi connectivity index (χ4n) is 3.74. The smallest absolute Gasteiger partial charge is 0.257 e. The van der Waals surface area contributed by atoms with Crippen molar-refractivity contribution in [3.63, 3.8) is 0 Å². The molecule has 6 nitrogen and oxygen atoms in total. The standard InChI is InChI=1S/C23H21NO5/c1-14-12-13-29-18(14)11-9-15-8-10-17-19(20(15)25)23(27,16-6-4-3-5-7-16)21(28-2)22(26)24-17/h3-13,21,25,27H,1-2H3,(H,24,26)/b11-9+. The molecule has 1 aliphatic heterocycles. The number of aliphatic hydroxyl groups is 1. The number of anilines is 1. The number of methoxy groups -OCH3 is 1. The molecule has 0 spiro atoms. The summed E-state index contributed by atoms with van der Waals surface area (Å²) in [4.78, 5) is 12.6. The van der Waals surface area contributed by atoms with Crippen LogP contribution in [0.25, 0.3) is 12.2 Å². The van der Waals surface area contributed by atoms with Crippen molar-refractivity contribution in [2.45, 2.75) is 18.6 Å². The number of furan rings is 1. The minimum atomic E-state index is -1.86. The van der Waals surface area contributed by atoms with Gasteiger partial charge in [-0.05, 0) is 48.4 Å². The Morgan fingerprint density at radius 3 is 2.55 bits per heavy atom. The van der Waals surface area contributed by atoms with Crippen LogP contribution in [0.4, 0.5) is 5.69 Å². The Morgan fingerprint density at radius 1 is 1.14 bits per heavy atom. The fraction of sp³-hybridized carbons (Fsp3) is 0.174. The summed E-state index contributed by atoms with van der Waals surface area (Å²) in [6.07, 6.45) is 3.81. The Morgan fingerprint density at radius 2 is 1.90 bits per heavy atom. The zero-order chi connectivity index (χ0) is 20.6. The third kappa shape index (κ3) is 3.03. The molecule has 0 saturated heterocycles. The molecule has 0 saturated carbocycles. The number of aryl methyl sites for hydroxylation is 1. The third-order valence-corrected chi connectivity index (χ3v) is 5.23. The van der Waals surface area contributed by atoms with Gasteiger partial charge in [0.05, 0.1) is 17.5 Å². The maximum atomic E-state index is 12.6. The van der Waals surface area contributed by atoms with Crippen LogP contribution in [-0.2, 0) is 15.1 Å². The van der Waals surface area contributed by atoms with Gasteiger partial charge in [-0.1, -0.05) is 30.3 Å². The van der Waals surface area contributed by atoms with Crippen molar-refractivity contribution in [3.8, 4) is 5.75 Å². The lowest BCUT2D eigenvalue weighted by Gasteiger charge is -2.40. The van der Waals surface area contributed by atoms with E-state index in [-0.39, 0.29) is 11.3 Å². The number of hydrogen-bond acceptors (Lipinski definition) is 5. The summed E-state index contributed by atoms with van der Waals surface area (Å²) in [7, 11) is 1.35. The van der Waals surface area contributed by atoms with Crippen LogP contribution in [0.1, 0.15) is 28.0 Å². The lowest BCUT2D eigenvalue weighted by Crippen LogP contribution is -2.52. The summed E-state index contributed by atoms with van der Waals surface area (Å²) in [5, 5.41) is 25.5. The first kappa shape index (κ1) is 19.0. The third-order valence-electron chi connectivity index (χ3n) is 5.23. The molecule has 0 aliphatic carbocycles. The van der Waals surface area contributed by atoms with E-state index in [1.165, 1.54) is 7.11 Å². The SMILES string of the molecule is COC1C(=O)Nc2ccc(/C=C/c3occc3C)c(O)c2C1(O)c1ccccc1. The van der Waals surface area contributed by atoms with Crippen molar-refractivity contribution < 1.29 is 24.2 Å². The van der Waals surface area contributed by atoms with Gasteiger partial charge in [-0.2, -0.15) is 0 Å². The Bertz CT molecular complexity index is 1090. The van der Waals surface area contributed by atoms with E-state index in [1.54, 1.807) is 54.8 Å². The summed E-state index contributed by atoms with van der Waals surface area (Å²) in [6, 6.07) is 13.9. The first-order valence-electron chi connectivity index (χ1n) is 9.17. The lowest BCUT2D eigenvalue weighted by molar-refractivity contribution is -0.142. The monoisotopic (exact) mass is 391 g/mol. The summed E-state index contributed by atoms with van der Waals surface area (Å²) in [6.45, 7) is 1.92. The molecule has 0 fully saturated rings. The Balaban J connectivity index is 1.90. The van der Waals surface area contributed by atoms with Crippen LogP contribution in [0.3, 0.4) is 0 Å². The topological polar surface area (TPSA) is 91.9 Å². The molecule has 0 bridgehead atoms. The molecule has 6 heteroatoms. The minimum absolute atomic E-state index is 0.142. The van der Waals surface area contributed by atoms with Crippen molar-refractivity contribution in [2.24, 2.45) is 0 Å². The average Bonchev–Trinajstić information content (AvgIpc) is 3.13. The van der Waals surface area contributed by atoms with Crippen molar-refractivity contribution in [2.75, 3.05) is 12.4 Å². The molecule has 2 heterocycles. The molecular weight excluding hydrogens is 370 g/mol. The Hall–Kier alpha value is -3.35. The normalized spacial score (nSPS) is 21.2. The highest BCUT2D eigenvalue weighted by Gasteiger charge is 2.51. The van der Waals surface area contributed by atoms with Gasteiger partial charge in [-0.15, -0.1) is 0 Å². The number of rotatable bonds is 4. The van der Waals surface area contributed by atoms with Crippen molar-refractivity contribution >= 4 is 23.7 Å². The zero-order valence-corrected chi connectivity index (χ0v) is 16.0. The number of nitrogens with one attached hydrogen (secondary N) is 1. The van der Waals surface area contributed by atoms with Gasteiger partial charge >= 0.3 is 0 Å². The highest BCUT2D eigenvalue weighted by molar-refractivity contribution is 6.00. The minimum Gasteiger partial charge on any atom is -0.507 e. The summed E-state index contributed by atoms with van der Waals surface area (Å²) < 4.78 is 10.8. The van der Waals surface area contributed by atoms with Gasteiger partial charge in [0.25, 0.3) is 5.91 Å². The molecule has 3 aromatic rings. The van der Waals surface area contributed by atoms with E-state index in [9.17, 15) is 15.0 Å². The van der Waals surface area contributed by atoms with Gasteiger partial charge in [0.15, 0.2) is 11.7 Å². The number of benzene rings is 2. The second kappa shape index (κ2) is 7.24. The molecule has 2 atom stereocenters. The largest absolute Gasteiger partial charge is 0.507 e. The molecule has 29 heavy (non-hydrogen) atoms. The van der Waals surface area contributed by atoms with E-state index in [0.29, 0.717) is 22.6 Å². The van der Waals surface area contributed by atoms with Crippen molar-refractivity contribution in [1.29, 1.82) is 0 Å². The van der Waals surface area contributed by atoms with E-state index >= 15 is 0 Å². The van der Waals surface area contributed by atoms with Crippen LogP contribution in [-0.4, -0.2) is 29.3 Å². The predicted molar refractivity (Wildman–Crippen MR) is 109 cm³/mol. The summed E-state index contributed by atoms with van der Waals surface area (Å²) >= 11 is 0. The summed E-state index contributed by atoms with van der Waals surface area (Å²) in [5.41, 5.74) is 0.543. The number of phenols is 1. The van der Waals surface area contributed by atoms with Crippen LogP contribution in [0.15, 0.2) is 59.2 Å². The maximum Gasteiger partial charge on any atom is 0.257 e. The highest BCUT2D eigenvalue weighted by atomic mass is 16.5. The van der Waals surface area contributed by atoms with Crippen LogP contribution >= 0.6 is 0 Å². The van der Waals surface area contributed by atoms with Crippen LogP contribution in [0.2, 0.25) is 0 Å². The molecule has 148 valence electrons. The first-order valence-corrected chi connectivity index (χ1v) is 9.17. The number of ether oxygens (including phenoxy) is 1. The van der Waals surface area contributed by atoms with Gasteiger partial charge in [0.1, 0.15) is 11.5 Å². The quantitative estimate of drug-likeness (QED) is 0.631. The highest BCUT2D eigenvalue weighted by Crippen LogP contribution is 2.47. The molecule has 1 aliphatic rings. The second-order valence-electron chi connectivity index (χ2n) is 6.96. The number of fused-ring (bicyclic) bond motifs is 1.